The van der Waals surface area contributed by atoms with E-state index < -0.39 is 12.0 Å². The van der Waals surface area contributed by atoms with Gasteiger partial charge in [0, 0.05) is 10.0 Å². The number of esters is 1. The van der Waals surface area contributed by atoms with Gasteiger partial charge in [0.2, 0.25) is 0 Å². The molecule has 5 rings (SSSR count). The molecule has 0 fully saturated rings. The standard InChI is InChI=1S/C30H24Cl2N2O4S/c1-3-37-29(36)26-18(2)33-30-34(27(26)23-9-4-5-10-24(23)32)28(35)25(39-30)16-20-7-6-8-22(15-20)38-17-19-11-13-21(31)14-12-19/h4-16,27H,3,17H2,1-2H3. The highest BCUT2D eigenvalue weighted by molar-refractivity contribution is 7.07. The second kappa shape index (κ2) is 11.6. The van der Waals surface area contributed by atoms with Crippen molar-refractivity contribution < 1.29 is 14.3 Å². The van der Waals surface area contributed by atoms with Crippen LogP contribution in [-0.2, 0) is 16.1 Å². The van der Waals surface area contributed by atoms with Crippen molar-refractivity contribution in [2.24, 2.45) is 4.99 Å². The Balaban J connectivity index is 1.55. The fourth-order valence-electron chi connectivity index (χ4n) is 4.38. The Morgan fingerprint density at radius 1 is 1.08 bits per heavy atom. The summed E-state index contributed by atoms with van der Waals surface area (Å²) >= 11 is 13.8. The summed E-state index contributed by atoms with van der Waals surface area (Å²) in [5.41, 5.74) is 2.92. The number of hydrogen-bond donors (Lipinski definition) is 0. The summed E-state index contributed by atoms with van der Waals surface area (Å²) < 4.78 is 13.3. The Kier molecular flexibility index (Phi) is 8.02. The van der Waals surface area contributed by atoms with Gasteiger partial charge in [-0.15, -0.1) is 0 Å². The number of nitrogens with zero attached hydrogens (tertiary/aromatic N) is 2. The number of thiazole rings is 1. The molecule has 1 aliphatic heterocycles. The summed E-state index contributed by atoms with van der Waals surface area (Å²) in [5, 5.41) is 1.11. The molecule has 0 radical (unpaired) electrons. The van der Waals surface area contributed by atoms with Crippen molar-refractivity contribution in [2.75, 3.05) is 6.61 Å². The molecule has 0 bridgehead atoms. The van der Waals surface area contributed by atoms with Crippen molar-refractivity contribution in [1.29, 1.82) is 0 Å². The van der Waals surface area contributed by atoms with E-state index in [1.807, 2.05) is 60.7 Å². The lowest BCUT2D eigenvalue weighted by atomic mass is 9.96. The van der Waals surface area contributed by atoms with Crippen LogP contribution in [0, 0.1) is 0 Å². The first-order chi connectivity index (χ1) is 18.9. The number of hydrogen-bond acceptors (Lipinski definition) is 6. The molecule has 0 amide bonds. The summed E-state index contributed by atoms with van der Waals surface area (Å²) in [6.45, 7) is 4.07. The van der Waals surface area contributed by atoms with Crippen LogP contribution in [0.1, 0.15) is 36.6 Å². The number of halogens is 2. The quantitative estimate of drug-likeness (QED) is 0.264. The highest BCUT2D eigenvalue weighted by atomic mass is 35.5. The second-order valence-electron chi connectivity index (χ2n) is 8.81. The fourth-order valence-corrected chi connectivity index (χ4v) is 5.79. The molecule has 3 aromatic carbocycles. The van der Waals surface area contributed by atoms with Gasteiger partial charge in [0.25, 0.3) is 5.56 Å². The molecule has 0 saturated carbocycles. The van der Waals surface area contributed by atoms with Gasteiger partial charge in [-0.1, -0.05) is 77.0 Å². The number of fused-ring (bicyclic) bond motifs is 1. The summed E-state index contributed by atoms with van der Waals surface area (Å²) in [7, 11) is 0. The molecule has 9 heteroatoms. The largest absolute Gasteiger partial charge is 0.489 e. The molecule has 0 N–H and O–H groups in total. The first kappa shape index (κ1) is 26.9. The molecule has 0 spiro atoms. The lowest BCUT2D eigenvalue weighted by molar-refractivity contribution is -0.139. The molecule has 1 atom stereocenters. The van der Waals surface area contributed by atoms with Crippen LogP contribution in [-0.4, -0.2) is 17.1 Å². The predicted molar refractivity (Wildman–Crippen MR) is 154 cm³/mol. The summed E-state index contributed by atoms with van der Waals surface area (Å²) in [4.78, 5) is 31.9. The zero-order chi connectivity index (χ0) is 27.5. The van der Waals surface area contributed by atoms with Crippen LogP contribution in [0.25, 0.3) is 6.08 Å². The van der Waals surface area contributed by atoms with Crippen LogP contribution in [0.3, 0.4) is 0 Å². The molecular formula is C30H24Cl2N2O4S. The molecular weight excluding hydrogens is 555 g/mol. The van der Waals surface area contributed by atoms with E-state index in [1.165, 1.54) is 15.9 Å². The van der Waals surface area contributed by atoms with Crippen molar-refractivity contribution >= 4 is 46.6 Å². The van der Waals surface area contributed by atoms with E-state index >= 15 is 0 Å². The van der Waals surface area contributed by atoms with Crippen molar-refractivity contribution in [2.45, 2.75) is 26.5 Å². The van der Waals surface area contributed by atoms with E-state index in [4.69, 9.17) is 32.7 Å². The highest BCUT2D eigenvalue weighted by Crippen LogP contribution is 2.34. The van der Waals surface area contributed by atoms with Crippen LogP contribution in [0.15, 0.2) is 93.9 Å². The Morgan fingerprint density at radius 3 is 2.59 bits per heavy atom. The van der Waals surface area contributed by atoms with Gasteiger partial charge in [0.1, 0.15) is 18.4 Å². The molecule has 6 nitrogen and oxygen atoms in total. The SMILES string of the molecule is CCOC(=O)C1=C(C)N=c2sc(=Cc3cccc(OCc4ccc(Cl)cc4)c3)c(=O)n2C1c1ccccc1Cl. The zero-order valence-corrected chi connectivity index (χ0v) is 23.5. The number of ether oxygens (including phenoxy) is 2. The van der Waals surface area contributed by atoms with E-state index in [9.17, 15) is 9.59 Å². The summed E-state index contributed by atoms with van der Waals surface area (Å²) in [5.74, 6) is 0.143. The topological polar surface area (TPSA) is 69.9 Å². The van der Waals surface area contributed by atoms with Gasteiger partial charge in [-0.2, -0.15) is 0 Å². The maximum Gasteiger partial charge on any atom is 0.338 e. The van der Waals surface area contributed by atoms with Gasteiger partial charge in [-0.05, 0) is 66.9 Å². The van der Waals surface area contributed by atoms with Crippen LogP contribution < -0.4 is 19.6 Å². The van der Waals surface area contributed by atoms with Crippen LogP contribution in [0.5, 0.6) is 5.75 Å². The van der Waals surface area contributed by atoms with Crippen molar-refractivity contribution in [3.05, 3.63) is 130 Å². The van der Waals surface area contributed by atoms with Crippen LogP contribution >= 0.6 is 34.5 Å². The Hall–Kier alpha value is -3.65. The molecule has 1 aromatic heterocycles. The number of rotatable bonds is 7. The Bertz CT molecular complexity index is 1760. The van der Waals surface area contributed by atoms with Crippen LogP contribution in [0.4, 0.5) is 0 Å². The normalized spacial score (nSPS) is 15.1. The van der Waals surface area contributed by atoms with E-state index in [0.29, 0.717) is 48.6 Å². The average molecular weight is 580 g/mol. The number of carbonyl (C=O) groups is 1. The third kappa shape index (κ3) is 5.71. The monoisotopic (exact) mass is 578 g/mol. The Labute approximate surface area is 239 Å². The Morgan fingerprint density at radius 2 is 1.85 bits per heavy atom. The first-order valence-corrected chi connectivity index (χ1v) is 13.8. The smallest absolute Gasteiger partial charge is 0.338 e. The molecule has 4 aromatic rings. The number of carbonyl (C=O) groups excluding carboxylic acids is 1. The average Bonchev–Trinajstić information content (AvgIpc) is 3.22. The fraction of sp³-hybridized carbons (Fsp3) is 0.167. The van der Waals surface area contributed by atoms with Crippen LogP contribution in [0.2, 0.25) is 10.0 Å². The van der Waals surface area contributed by atoms with Crippen molar-refractivity contribution in [3.63, 3.8) is 0 Å². The van der Waals surface area contributed by atoms with E-state index in [-0.39, 0.29) is 12.2 Å². The van der Waals surface area contributed by atoms with Crippen molar-refractivity contribution in [1.82, 2.24) is 4.57 Å². The number of benzene rings is 3. The van der Waals surface area contributed by atoms with Gasteiger partial charge in [-0.25, -0.2) is 9.79 Å². The maximum atomic E-state index is 13.8. The van der Waals surface area contributed by atoms with E-state index in [0.717, 1.165) is 11.1 Å². The number of aromatic nitrogens is 1. The molecule has 198 valence electrons. The van der Waals surface area contributed by atoms with Gasteiger partial charge in [0.05, 0.1) is 22.4 Å². The minimum absolute atomic E-state index is 0.200. The highest BCUT2D eigenvalue weighted by Gasteiger charge is 2.34. The maximum absolute atomic E-state index is 13.8. The second-order valence-corrected chi connectivity index (χ2v) is 10.7. The minimum Gasteiger partial charge on any atom is -0.489 e. The molecule has 0 aliphatic carbocycles. The van der Waals surface area contributed by atoms with Gasteiger partial charge in [0.15, 0.2) is 4.80 Å². The number of allylic oxidation sites excluding steroid dienone is 1. The van der Waals surface area contributed by atoms with Gasteiger partial charge in [-0.3, -0.25) is 9.36 Å². The first-order valence-electron chi connectivity index (χ1n) is 12.3. The third-order valence-corrected chi connectivity index (χ3v) is 7.77. The zero-order valence-electron chi connectivity index (χ0n) is 21.2. The molecule has 2 heterocycles. The van der Waals surface area contributed by atoms with Crippen molar-refractivity contribution in [3.8, 4) is 5.75 Å². The molecule has 1 aliphatic rings. The minimum atomic E-state index is -0.759. The summed E-state index contributed by atoms with van der Waals surface area (Å²) in [6, 6.07) is 21.4. The van der Waals surface area contributed by atoms with Gasteiger partial charge < -0.3 is 9.47 Å². The van der Waals surface area contributed by atoms with Gasteiger partial charge >= 0.3 is 5.97 Å². The lowest BCUT2D eigenvalue weighted by Crippen LogP contribution is -2.40. The van der Waals surface area contributed by atoms with E-state index in [2.05, 4.69) is 4.99 Å². The predicted octanol–water partition coefficient (Wildman–Crippen LogP) is 5.68. The molecule has 0 saturated heterocycles. The molecule has 39 heavy (non-hydrogen) atoms. The molecule has 1 unspecified atom stereocenters. The lowest BCUT2D eigenvalue weighted by Gasteiger charge is -2.25. The summed E-state index contributed by atoms with van der Waals surface area (Å²) in [6.07, 6.45) is 1.80. The third-order valence-electron chi connectivity index (χ3n) is 6.19. The van der Waals surface area contributed by atoms with E-state index in [1.54, 1.807) is 32.1 Å².